The summed E-state index contributed by atoms with van der Waals surface area (Å²) in [4.78, 5) is 72.1. The second-order valence-corrected chi connectivity index (χ2v) is 20.1. The SMILES string of the molecule is Cc1c(N2CCC[C@H]2CO[C@@H]2CNC[C@@H](C(=O)N3CCN(c4ccc(C#N)cn4)CC3)C2)cn[nH]c1=O.Cc1c(N2CCC[C@H]2CO[C@H]2CNC[C@H](C(=O)N3CCN(c4ccc(C#N)cn4)CC3)C2)cn[nH]c1=O. The normalized spacial score (nSPS) is 24.2. The lowest BCUT2D eigenvalue weighted by Crippen LogP contribution is -2.54. The number of hydrogen-bond acceptors (Lipinski definition) is 18. The first-order valence-corrected chi connectivity index (χ1v) is 26.1. The Morgan fingerprint density at radius 2 is 1.01 bits per heavy atom. The van der Waals surface area contributed by atoms with Gasteiger partial charge in [-0.1, -0.05) is 0 Å². The van der Waals surface area contributed by atoms with E-state index < -0.39 is 0 Å². The van der Waals surface area contributed by atoms with Crippen LogP contribution < -0.4 is 41.4 Å². The van der Waals surface area contributed by atoms with Crippen LogP contribution in [0.2, 0.25) is 0 Å². The van der Waals surface area contributed by atoms with E-state index in [-0.39, 0.29) is 59.1 Å². The van der Waals surface area contributed by atoms with Crippen LogP contribution in [0.15, 0.2) is 58.6 Å². The van der Waals surface area contributed by atoms with Crippen molar-refractivity contribution in [3.8, 4) is 12.1 Å². The second-order valence-electron chi connectivity index (χ2n) is 20.1. The van der Waals surface area contributed by atoms with Crippen molar-refractivity contribution in [1.82, 2.24) is 50.8 Å². The molecule has 22 heteroatoms. The number of nitriles is 2. The van der Waals surface area contributed by atoms with Gasteiger partial charge in [-0.3, -0.25) is 19.2 Å². The molecule has 74 heavy (non-hydrogen) atoms. The molecule has 22 nitrogen and oxygen atoms in total. The number of hydrogen-bond donors (Lipinski definition) is 4. The number of rotatable bonds is 12. The van der Waals surface area contributed by atoms with Gasteiger partial charge in [-0.15, -0.1) is 0 Å². The Bertz CT molecular complexity index is 2560. The van der Waals surface area contributed by atoms with Crippen molar-refractivity contribution < 1.29 is 19.1 Å². The number of anilines is 4. The zero-order chi connectivity index (χ0) is 51.6. The van der Waals surface area contributed by atoms with E-state index in [2.05, 4.69) is 72.7 Å². The van der Waals surface area contributed by atoms with Gasteiger partial charge in [0.25, 0.3) is 11.1 Å². The summed E-state index contributed by atoms with van der Waals surface area (Å²) in [6.07, 6.45) is 12.1. The lowest BCUT2D eigenvalue weighted by molar-refractivity contribution is -0.138. The molecule has 0 aliphatic carbocycles. The number of piperazine rings is 2. The largest absolute Gasteiger partial charge is 0.375 e. The van der Waals surface area contributed by atoms with Crippen molar-refractivity contribution in [3.05, 3.63) is 92.0 Å². The third-order valence-corrected chi connectivity index (χ3v) is 15.5. The molecule has 6 fully saturated rings. The van der Waals surface area contributed by atoms with Gasteiger partial charge in [0.2, 0.25) is 11.8 Å². The molecule has 10 rings (SSSR count). The third-order valence-electron chi connectivity index (χ3n) is 15.5. The number of H-pyrrole nitrogens is 2. The molecule has 0 aromatic carbocycles. The third kappa shape index (κ3) is 12.3. The number of amides is 2. The van der Waals surface area contributed by atoms with E-state index in [1.807, 2.05) is 35.8 Å². The molecule has 0 radical (unpaired) electrons. The highest BCUT2D eigenvalue weighted by atomic mass is 16.5. The van der Waals surface area contributed by atoms with Crippen LogP contribution >= 0.6 is 0 Å². The number of nitrogens with zero attached hydrogens (tertiary/aromatic N) is 12. The van der Waals surface area contributed by atoms with Crippen LogP contribution in [-0.4, -0.2) is 181 Å². The monoisotopic (exact) mass is 1010 g/mol. The Kier molecular flexibility index (Phi) is 17.1. The summed E-state index contributed by atoms with van der Waals surface area (Å²) in [5, 5.41) is 37.7. The molecule has 6 aliphatic heterocycles. The fourth-order valence-corrected chi connectivity index (χ4v) is 11.2. The highest BCUT2D eigenvalue weighted by Gasteiger charge is 2.36. The van der Waals surface area contributed by atoms with Crippen LogP contribution in [0.25, 0.3) is 0 Å². The Balaban J connectivity index is 0.000000182. The summed E-state index contributed by atoms with van der Waals surface area (Å²) in [5.41, 5.74) is 3.89. The van der Waals surface area contributed by atoms with Crippen molar-refractivity contribution in [3.63, 3.8) is 0 Å². The van der Waals surface area contributed by atoms with Gasteiger partial charge >= 0.3 is 0 Å². The van der Waals surface area contributed by atoms with E-state index >= 15 is 0 Å². The molecule has 0 unspecified atom stereocenters. The fourth-order valence-electron chi connectivity index (χ4n) is 11.2. The average Bonchev–Trinajstić information content (AvgIpc) is 4.14. The molecular weight excluding hydrogens is 945 g/mol. The molecule has 4 aromatic heterocycles. The second kappa shape index (κ2) is 24.4. The number of carbonyl (C=O) groups excluding carboxylic acids is 2. The molecule has 2 amide bonds. The van der Waals surface area contributed by atoms with Crippen LogP contribution in [0, 0.1) is 48.3 Å². The first kappa shape index (κ1) is 51.9. The van der Waals surface area contributed by atoms with Crippen molar-refractivity contribution in [1.29, 1.82) is 10.5 Å². The minimum atomic E-state index is -0.157. The number of piperidine rings is 2. The summed E-state index contributed by atoms with van der Waals surface area (Å²) in [6.45, 7) is 14.9. The lowest BCUT2D eigenvalue weighted by Gasteiger charge is -2.39. The van der Waals surface area contributed by atoms with Gasteiger partial charge in [0.1, 0.15) is 23.8 Å². The summed E-state index contributed by atoms with van der Waals surface area (Å²) in [7, 11) is 0. The van der Waals surface area contributed by atoms with Gasteiger partial charge in [-0.25, -0.2) is 20.2 Å². The summed E-state index contributed by atoms with van der Waals surface area (Å²) >= 11 is 0. The highest BCUT2D eigenvalue weighted by Crippen LogP contribution is 2.30. The number of ether oxygens (including phenoxy) is 2. The van der Waals surface area contributed by atoms with Crippen LogP contribution in [0.5, 0.6) is 0 Å². The zero-order valence-corrected chi connectivity index (χ0v) is 42.5. The van der Waals surface area contributed by atoms with E-state index in [0.29, 0.717) is 87.6 Å². The van der Waals surface area contributed by atoms with E-state index in [1.54, 1.807) is 36.9 Å². The molecule has 392 valence electrons. The fraction of sp³-hybridized carbons (Fsp3) is 0.577. The maximum Gasteiger partial charge on any atom is 0.269 e. The average molecular weight is 1010 g/mol. The Hall–Kier alpha value is -6.98. The van der Waals surface area contributed by atoms with Crippen LogP contribution in [0.3, 0.4) is 0 Å². The van der Waals surface area contributed by atoms with E-state index in [9.17, 15) is 19.2 Å². The molecule has 0 spiro atoms. The Morgan fingerprint density at radius 3 is 1.39 bits per heavy atom. The number of carbonyl (C=O) groups is 2. The smallest absolute Gasteiger partial charge is 0.269 e. The van der Waals surface area contributed by atoms with E-state index in [1.165, 1.54) is 0 Å². The maximum atomic E-state index is 13.3. The molecular formula is C52H68N16O6. The Labute approximate surface area is 431 Å². The standard InChI is InChI=1S/2C26H34N8O3/c2*1-18-23(16-30-31-25(18)35)34-6-2-3-21(34)17-37-22-11-20(14-28-15-22)26(36)33-9-7-32(8-10-33)24-5-4-19(12-27)13-29-24/h2*4-5,13,16,20-22,28H,2-3,6-11,14-15,17H2,1H3,(H,31,35)/t20-,21+,22-;20-,21-,22-/m10/s1. The summed E-state index contributed by atoms with van der Waals surface area (Å²) in [5.74, 6) is 1.84. The molecule has 0 saturated carbocycles. The predicted molar refractivity (Wildman–Crippen MR) is 277 cm³/mol. The minimum absolute atomic E-state index is 0.0207. The predicted octanol–water partition coefficient (Wildman–Crippen LogP) is 1.31. The molecule has 6 saturated heterocycles. The maximum absolute atomic E-state index is 13.3. The molecule has 10 heterocycles. The molecule has 4 aromatic rings. The van der Waals surface area contributed by atoms with Crippen LogP contribution in [-0.2, 0) is 19.1 Å². The Morgan fingerprint density at radius 1 is 0.595 bits per heavy atom. The van der Waals surface area contributed by atoms with Gasteiger partial charge in [-0.2, -0.15) is 20.7 Å². The molecule has 6 aliphatic rings. The van der Waals surface area contributed by atoms with Crippen molar-refractivity contribution in [2.45, 2.75) is 76.7 Å². The first-order valence-electron chi connectivity index (χ1n) is 26.1. The highest BCUT2D eigenvalue weighted by molar-refractivity contribution is 5.80. The van der Waals surface area contributed by atoms with Crippen LogP contribution in [0.4, 0.5) is 23.0 Å². The molecule has 6 atom stereocenters. The number of aromatic amines is 2. The lowest BCUT2D eigenvalue weighted by atomic mass is 9.95. The number of pyridine rings is 2. The quantitative estimate of drug-likeness (QED) is 0.156. The molecule has 4 N–H and O–H groups in total. The summed E-state index contributed by atoms with van der Waals surface area (Å²) in [6, 6.07) is 11.8. The first-order chi connectivity index (χ1) is 36.1. The minimum Gasteiger partial charge on any atom is -0.375 e. The van der Waals surface area contributed by atoms with Gasteiger partial charge in [0.15, 0.2) is 0 Å². The van der Waals surface area contributed by atoms with Crippen molar-refractivity contribution >= 4 is 34.8 Å². The van der Waals surface area contributed by atoms with E-state index in [0.717, 1.165) is 101 Å². The number of aromatic nitrogens is 6. The zero-order valence-electron chi connectivity index (χ0n) is 42.5. The number of nitrogens with one attached hydrogen (secondary N) is 4. The topological polar surface area (TPSA) is 261 Å². The van der Waals surface area contributed by atoms with Crippen molar-refractivity contribution in [2.75, 3.05) is 124 Å². The van der Waals surface area contributed by atoms with E-state index in [4.69, 9.17) is 20.0 Å². The van der Waals surface area contributed by atoms with Gasteiger partial charge in [-0.05, 0) is 76.6 Å². The van der Waals surface area contributed by atoms with Crippen molar-refractivity contribution in [2.24, 2.45) is 11.8 Å². The van der Waals surface area contributed by atoms with Gasteiger partial charge in [0.05, 0.1) is 84.2 Å². The van der Waals surface area contributed by atoms with Gasteiger partial charge < -0.3 is 49.5 Å². The van der Waals surface area contributed by atoms with Gasteiger partial charge in [0, 0.05) is 115 Å². The van der Waals surface area contributed by atoms with Crippen LogP contribution in [0.1, 0.15) is 60.8 Å². The molecule has 0 bridgehead atoms. The summed E-state index contributed by atoms with van der Waals surface area (Å²) < 4.78 is 12.7.